The second kappa shape index (κ2) is 6.32. The van der Waals surface area contributed by atoms with Gasteiger partial charge in [-0.25, -0.2) is 0 Å². The zero-order valence-corrected chi connectivity index (χ0v) is 15.7. The van der Waals surface area contributed by atoms with Crippen molar-refractivity contribution in [1.82, 2.24) is 5.16 Å². The maximum absolute atomic E-state index is 13.0. The summed E-state index contributed by atoms with van der Waals surface area (Å²) in [7, 11) is 0. The molecule has 2 heterocycles. The van der Waals surface area contributed by atoms with Gasteiger partial charge in [0.2, 0.25) is 0 Å². The first-order chi connectivity index (χ1) is 12.0. The summed E-state index contributed by atoms with van der Waals surface area (Å²) in [5.41, 5.74) is 3.20. The largest absolute Gasteiger partial charge is 0.355 e. The number of benzene rings is 2. The first-order valence-electron chi connectivity index (χ1n) is 7.87. The van der Waals surface area contributed by atoms with Gasteiger partial charge in [0.15, 0.2) is 11.5 Å². The van der Waals surface area contributed by atoms with Gasteiger partial charge in [-0.1, -0.05) is 32.7 Å². The summed E-state index contributed by atoms with van der Waals surface area (Å²) in [5, 5.41) is 4.62. The van der Waals surface area contributed by atoms with Gasteiger partial charge in [0.25, 0.3) is 5.91 Å². The van der Waals surface area contributed by atoms with Crippen molar-refractivity contribution in [1.29, 1.82) is 0 Å². The van der Waals surface area contributed by atoms with Gasteiger partial charge in [-0.15, -0.1) is 0 Å². The first-order valence-corrected chi connectivity index (χ1v) is 9.04. The summed E-state index contributed by atoms with van der Waals surface area (Å²) < 4.78 is 6.38. The van der Waals surface area contributed by atoms with Crippen LogP contribution in [-0.4, -0.2) is 17.1 Å². The Labute approximate surface area is 158 Å². The minimum absolute atomic E-state index is 0.0764. The van der Waals surface area contributed by atoms with Crippen molar-refractivity contribution in [3.8, 4) is 11.3 Å². The second-order valence-electron chi connectivity index (χ2n) is 6.08. The van der Waals surface area contributed by atoms with Crippen LogP contribution in [0.25, 0.3) is 11.3 Å². The molecule has 1 amide bonds. The van der Waals surface area contributed by atoms with E-state index in [0.717, 1.165) is 27.7 Å². The van der Waals surface area contributed by atoms with Gasteiger partial charge in [-0.3, -0.25) is 4.79 Å². The van der Waals surface area contributed by atoms with Crippen molar-refractivity contribution in [3.63, 3.8) is 0 Å². The molecule has 1 aromatic heterocycles. The number of nitrogens with zero attached hydrogens (tertiary/aromatic N) is 2. The molecule has 0 N–H and O–H groups in total. The average Bonchev–Trinajstić information content (AvgIpc) is 3.19. The lowest BCUT2D eigenvalue weighted by Gasteiger charge is -2.21. The topological polar surface area (TPSA) is 46.3 Å². The maximum atomic E-state index is 13.0. The van der Waals surface area contributed by atoms with Crippen LogP contribution in [0.2, 0.25) is 5.02 Å². The highest BCUT2D eigenvalue weighted by atomic mass is 79.9. The fraction of sp³-hybridized carbons (Fsp3) is 0.158. The lowest BCUT2D eigenvalue weighted by molar-refractivity contribution is 0.0973. The zero-order valence-electron chi connectivity index (χ0n) is 13.4. The molecule has 126 valence electrons. The first kappa shape index (κ1) is 16.4. The molecule has 25 heavy (non-hydrogen) atoms. The Bertz CT molecular complexity index is 952. The third-order valence-corrected chi connectivity index (χ3v) is 5.08. The van der Waals surface area contributed by atoms with Crippen LogP contribution in [-0.2, 0) is 6.42 Å². The lowest BCUT2D eigenvalue weighted by atomic mass is 10.1. The summed E-state index contributed by atoms with van der Waals surface area (Å²) >= 11 is 9.39. The third kappa shape index (κ3) is 2.98. The minimum atomic E-state index is -0.155. The van der Waals surface area contributed by atoms with Crippen LogP contribution in [0.1, 0.15) is 23.0 Å². The van der Waals surface area contributed by atoms with Gasteiger partial charge >= 0.3 is 0 Å². The Morgan fingerprint density at radius 3 is 2.76 bits per heavy atom. The number of rotatable bonds is 2. The van der Waals surface area contributed by atoms with E-state index in [0.29, 0.717) is 16.5 Å². The van der Waals surface area contributed by atoms with E-state index in [9.17, 15) is 4.79 Å². The molecule has 0 radical (unpaired) electrons. The zero-order chi connectivity index (χ0) is 17.6. The number of carbonyl (C=O) groups excluding carboxylic acids is 1. The molecule has 0 bridgehead atoms. The molecule has 2 aromatic carbocycles. The van der Waals surface area contributed by atoms with Crippen molar-refractivity contribution < 1.29 is 9.32 Å². The summed E-state index contributed by atoms with van der Waals surface area (Å²) in [4.78, 5) is 14.8. The van der Waals surface area contributed by atoms with E-state index in [-0.39, 0.29) is 11.9 Å². The van der Waals surface area contributed by atoms with E-state index >= 15 is 0 Å². The van der Waals surface area contributed by atoms with Gasteiger partial charge in [0, 0.05) is 32.9 Å². The normalized spacial score (nSPS) is 16.1. The molecule has 4 nitrogen and oxygen atoms in total. The summed E-state index contributed by atoms with van der Waals surface area (Å²) in [6.07, 6.45) is 0.822. The highest BCUT2D eigenvalue weighted by Crippen LogP contribution is 2.35. The molecule has 0 unspecified atom stereocenters. The van der Waals surface area contributed by atoms with Crippen molar-refractivity contribution >= 4 is 39.1 Å². The Kier molecular flexibility index (Phi) is 4.13. The number of halogens is 2. The number of aromatic nitrogens is 1. The lowest BCUT2D eigenvalue weighted by Crippen LogP contribution is -2.35. The molecule has 4 rings (SSSR count). The van der Waals surface area contributed by atoms with Gasteiger partial charge < -0.3 is 9.42 Å². The monoisotopic (exact) mass is 416 g/mol. The molecule has 1 atom stereocenters. The maximum Gasteiger partial charge on any atom is 0.280 e. The number of amides is 1. The summed E-state index contributed by atoms with van der Waals surface area (Å²) in [5.74, 6) is 0.389. The molecule has 6 heteroatoms. The molecule has 1 aliphatic rings. The number of hydrogen-bond acceptors (Lipinski definition) is 3. The molecule has 0 fully saturated rings. The van der Waals surface area contributed by atoms with Crippen LogP contribution in [0.4, 0.5) is 5.69 Å². The summed E-state index contributed by atoms with van der Waals surface area (Å²) in [6, 6.07) is 14.9. The van der Waals surface area contributed by atoms with E-state index < -0.39 is 0 Å². The van der Waals surface area contributed by atoms with Crippen LogP contribution >= 0.6 is 27.5 Å². The highest BCUT2D eigenvalue weighted by Gasteiger charge is 2.33. The molecule has 0 saturated carbocycles. The van der Waals surface area contributed by atoms with Crippen LogP contribution in [0.3, 0.4) is 0 Å². The van der Waals surface area contributed by atoms with Crippen molar-refractivity contribution in [2.24, 2.45) is 0 Å². The third-order valence-electron chi connectivity index (χ3n) is 4.33. The standard InChI is InChI=1S/C19H14BrClN2O2/c1-11-8-13-9-14(20)4-7-17(13)23(11)19(24)16-10-18(25-22-16)12-2-5-15(21)6-3-12/h2-7,9-11H,8H2,1H3/t11-/m1/s1. The van der Waals surface area contributed by atoms with Crippen LogP contribution in [0, 0.1) is 0 Å². The van der Waals surface area contributed by atoms with Crippen LogP contribution in [0.15, 0.2) is 57.5 Å². The highest BCUT2D eigenvalue weighted by molar-refractivity contribution is 9.10. The number of anilines is 1. The Morgan fingerprint density at radius 1 is 1.24 bits per heavy atom. The van der Waals surface area contributed by atoms with Gasteiger partial charge in [0.1, 0.15) is 0 Å². The summed E-state index contributed by atoms with van der Waals surface area (Å²) in [6.45, 7) is 2.03. The van der Waals surface area contributed by atoms with Gasteiger partial charge in [0.05, 0.1) is 0 Å². The Balaban J connectivity index is 1.65. The fourth-order valence-corrected chi connectivity index (χ4v) is 3.69. The quantitative estimate of drug-likeness (QED) is 0.565. The number of hydrogen-bond donors (Lipinski definition) is 0. The van der Waals surface area contributed by atoms with E-state index in [4.69, 9.17) is 16.1 Å². The van der Waals surface area contributed by atoms with E-state index in [1.165, 1.54) is 0 Å². The van der Waals surface area contributed by atoms with Gasteiger partial charge in [-0.2, -0.15) is 0 Å². The smallest absolute Gasteiger partial charge is 0.280 e. The van der Waals surface area contributed by atoms with Crippen molar-refractivity contribution in [3.05, 3.63) is 69.3 Å². The van der Waals surface area contributed by atoms with E-state index in [2.05, 4.69) is 27.2 Å². The molecule has 0 aliphatic carbocycles. The number of fused-ring (bicyclic) bond motifs is 1. The predicted octanol–water partition coefficient (Wildman–Crippen LogP) is 5.35. The fourth-order valence-electron chi connectivity index (χ4n) is 3.16. The molecule has 3 aromatic rings. The van der Waals surface area contributed by atoms with E-state index in [1.807, 2.05) is 31.2 Å². The van der Waals surface area contributed by atoms with Crippen LogP contribution in [0.5, 0.6) is 0 Å². The number of carbonyl (C=O) groups is 1. The van der Waals surface area contributed by atoms with Gasteiger partial charge in [-0.05, 0) is 61.4 Å². The second-order valence-corrected chi connectivity index (χ2v) is 7.44. The predicted molar refractivity (Wildman–Crippen MR) is 101 cm³/mol. The van der Waals surface area contributed by atoms with Crippen molar-refractivity contribution in [2.75, 3.05) is 4.90 Å². The molecule has 0 saturated heterocycles. The molecule has 0 spiro atoms. The van der Waals surface area contributed by atoms with E-state index in [1.54, 1.807) is 23.1 Å². The SMILES string of the molecule is C[C@@H]1Cc2cc(Br)ccc2N1C(=O)c1cc(-c2ccc(Cl)cc2)on1. The molecule has 1 aliphatic heterocycles. The molecular formula is C19H14BrClN2O2. The van der Waals surface area contributed by atoms with Crippen molar-refractivity contribution in [2.45, 2.75) is 19.4 Å². The van der Waals surface area contributed by atoms with Crippen LogP contribution < -0.4 is 4.90 Å². The Morgan fingerprint density at radius 2 is 2.00 bits per heavy atom. The Hall–Kier alpha value is -2.11. The molecular weight excluding hydrogens is 404 g/mol. The average molecular weight is 418 g/mol. The minimum Gasteiger partial charge on any atom is -0.355 e.